The molecule has 5 nitrogen and oxygen atoms in total. The van der Waals surface area contributed by atoms with Gasteiger partial charge in [-0.2, -0.15) is 5.10 Å². The lowest BCUT2D eigenvalue weighted by atomic mass is 10.1. The third kappa shape index (κ3) is 2.97. The Morgan fingerprint density at radius 2 is 2.04 bits per heavy atom. The van der Waals surface area contributed by atoms with E-state index in [0.29, 0.717) is 12.1 Å². The number of thiophene rings is 1. The topological polar surface area (TPSA) is 50.2 Å². The van der Waals surface area contributed by atoms with Crippen molar-refractivity contribution in [3.63, 3.8) is 0 Å². The number of hydrogen-bond donors (Lipinski definition) is 1. The Bertz CT molecular complexity index is 963. The number of nitrogens with zero attached hydrogens (tertiary/aromatic N) is 3. The summed E-state index contributed by atoms with van der Waals surface area (Å²) < 4.78 is 2.04. The number of hydrogen-bond acceptors (Lipinski definition) is 4. The smallest absolute Gasteiger partial charge is 0.264 e. The van der Waals surface area contributed by atoms with Gasteiger partial charge in [-0.15, -0.1) is 11.3 Å². The van der Waals surface area contributed by atoms with E-state index in [1.54, 1.807) is 11.3 Å². The number of nitrogens with one attached hydrogen (secondary N) is 1. The summed E-state index contributed by atoms with van der Waals surface area (Å²) in [5, 5.41) is 9.30. The minimum absolute atomic E-state index is 0.207. The molecule has 2 aromatic heterocycles. The summed E-state index contributed by atoms with van der Waals surface area (Å²) in [5.74, 6) is 0.207. The minimum Gasteiger partial charge on any atom is -0.331 e. The molecule has 0 spiro atoms. The van der Waals surface area contributed by atoms with Gasteiger partial charge in [0.25, 0.3) is 5.91 Å². The van der Waals surface area contributed by atoms with Crippen molar-refractivity contribution < 1.29 is 4.79 Å². The second kappa shape index (κ2) is 6.77. The number of aromatic nitrogens is 2. The van der Waals surface area contributed by atoms with Crippen molar-refractivity contribution in [1.82, 2.24) is 20.0 Å². The van der Waals surface area contributed by atoms with Gasteiger partial charge < -0.3 is 10.2 Å². The largest absolute Gasteiger partial charge is 0.331 e. The van der Waals surface area contributed by atoms with Crippen LogP contribution in [-0.4, -0.2) is 45.8 Å². The monoisotopic (exact) mass is 380 g/mol. The zero-order valence-electron chi connectivity index (χ0n) is 15.5. The summed E-state index contributed by atoms with van der Waals surface area (Å²) in [6, 6.07) is 13.2. The minimum atomic E-state index is 0.207. The van der Waals surface area contributed by atoms with Crippen LogP contribution in [0.25, 0.3) is 10.2 Å². The number of benzene rings is 1. The second-order valence-corrected chi connectivity index (χ2v) is 8.68. The van der Waals surface area contributed by atoms with Crippen molar-refractivity contribution in [2.24, 2.45) is 0 Å². The number of carbonyl (C=O) groups excluding carboxylic acids is 1. The first-order chi connectivity index (χ1) is 13.2. The Morgan fingerprint density at radius 3 is 2.89 bits per heavy atom. The van der Waals surface area contributed by atoms with Crippen LogP contribution in [0.1, 0.15) is 40.2 Å². The molecule has 4 heterocycles. The van der Waals surface area contributed by atoms with E-state index in [4.69, 9.17) is 5.10 Å². The van der Waals surface area contributed by atoms with Crippen molar-refractivity contribution in [2.75, 3.05) is 13.1 Å². The molecule has 1 amide bonds. The van der Waals surface area contributed by atoms with Gasteiger partial charge in [0.15, 0.2) is 0 Å². The first-order valence-electron chi connectivity index (χ1n) is 9.75. The van der Waals surface area contributed by atoms with Crippen LogP contribution in [0.5, 0.6) is 0 Å². The van der Waals surface area contributed by atoms with Gasteiger partial charge in [0.2, 0.25) is 0 Å². The number of carbonyl (C=O) groups is 1. The summed E-state index contributed by atoms with van der Waals surface area (Å²) in [6.45, 7) is 4.71. The molecule has 5 rings (SSSR count). The first-order valence-corrected chi connectivity index (χ1v) is 10.6. The van der Waals surface area contributed by atoms with Crippen LogP contribution in [0.4, 0.5) is 0 Å². The predicted octanol–water partition coefficient (Wildman–Crippen LogP) is 3.42. The lowest BCUT2D eigenvalue weighted by Gasteiger charge is -2.27. The van der Waals surface area contributed by atoms with Gasteiger partial charge in [-0.25, -0.2) is 0 Å². The Hall–Kier alpha value is -2.18. The van der Waals surface area contributed by atoms with Crippen LogP contribution in [0.2, 0.25) is 0 Å². The molecule has 2 aliphatic heterocycles. The highest BCUT2D eigenvalue weighted by Gasteiger charge is 2.39. The summed E-state index contributed by atoms with van der Waals surface area (Å²) in [7, 11) is 0. The molecule has 0 aliphatic carbocycles. The average Bonchev–Trinajstić information content (AvgIpc) is 3.29. The Labute approximate surface area is 163 Å². The van der Waals surface area contributed by atoms with Crippen LogP contribution in [0, 0.1) is 6.92 Å². The van der Waals surface area contributed by atoms with Crippen molar-refractivity contribution in [3.8, 4) is 0 Å². The molecule has 2 atom stereocenters. The van der Waals surface area contributed by atoms with E-state index in [9.17, 15) is 4.79 Å². The van der Waals surface area contributed by atoms with Crippen LogP contribution in [0.15, 0.2) is 36.4 Å². The van der Waals surface area contributed by atoms with E-state index < -0.39 is 0 Å². The molecule has 2 saturated heterocycles. The molecule has 27 heavy (non-hydrogen) atoms. The Kier molecular flexibility index (Phi) is 4.25. The molecule has 3 aromatic rings. The normalized spacial score (nSPS) is 22.3. The molecule has 2 fully saturated rings. The van der Waals surface area contributed by atoms with E-state index in [1.807, 2.05) is 17.7 Å². The van der Waals surface area contributed by atoms with Gasteiger partial charge in [0, 0.05) is 24.0 Å². The summed E-state index contributed by atoms with van der Waals surface area (Å²) in [6.07, 6.45) is 3.33. The molecule has 2 unspecified atom stereocenters. The van der Waals surface area contributed by atoms with Crippen molar-refractivity contribution in [3.05, 3.63) is 52.5 Å². The fourth-order valence-electron chi connectivity index (χ4n) is 4.52. The van der Waals surface area contributed by atoms with Crippen molar-refractivity contribution >= 4 is 27.5 Å². The van der Waals surface area contributed by atoms with E-state index >= 15 is 0 Å². The van der Waals surface area contributed by atoms with Crippen LogP contribution in [-0.2, 0) is 6.54 Å². The first kappa shape index (κ1) is 17.0. The van der Waals surface area contributed by atoms with E-state index in [1.165, 1.54) is 5.56 Å². The lowest BCUT2D eigenvalue weighted by molar-refractivity contribution is 0.0685. The molecule has 2 aliphatic rings. The number of aryl methyl sites for hydroxylation is 1. The van der Waals surface area contributed by atoms with Crippen LogP contribution >= 0.6 is 11.3 Å². The van der Waals surface area contributed by atoms with Gasteiger partial charge in [-0.3, -0.25) is 9.48 Å². The molecule has 2 bridgehead atoms. The molecule has 0 saturated carbocycles. The summed E-state index contributed by atoms with van der Waals surface area (Å²) >= 11 is 1.59. The predicted molar refractivity (Wildman–Crippen MR) is 108 cm³/mol. The third-order valence-electron chi connectivity index (χ3n) is 5.88. The molecule has 1 aromatic carbocycles. The maximum atomic E-state index is 13.3. The number of amides is 1. The van der Waals surface area contributed by atoms with E-state index in [-0.39, 0.29) is 5.91 Å². The Balaban J connectivity index is 1.48. The SMILES string of the molecule is Cc1nn(Cc2ccccc2)c2sc(C(=O)N3C4CCNCC3CC4)cc12. The molecular weight excluding hydrogens is 356 g/mol. The molecule has 1 N–H and O–H groups in total. The van der Waals surface area contributed by atoms with Gasteiger partial charge >= 0.3 is 0 Å². The standard InChI is InChI=1S/C21H24N4OS/c1-14-18-11-19(20(26)25-16-7-8-17(25)12-22-10-9-16)27-21(18)24(23-14)13-15-5-3-2-4-6-15/h2-6,11,16-17,22H,7-10,12-13H2,1H3. The fourth-order valence-corrected chi connectivity index (χ4v) is 5.63. The zero-order chi connectivity index (χ0) is 18.4. The third-order valence-corrected chi connectivity index (χ3v) is 7.02. The summed E-state index contributed by atoms with van der Waals surface area (Å²) in [5.41, 5.74) is 2.22. The molecule has 6 heteroatoms. The van der Waals surface area contributed by atoms with E-state index in [2.05, 4.69) is 40.5 Å². The fraction of sp³-hybridized carbons (Fsp3) is 0.429. The van der Waals surface area contributed by atoms with Crippen LogP contribution in [0.3, 0.4) is 0 Å². The van der Waals surface area contributed by atoms with Gasteiger partial charge in [0.1, 0.15) is 4.83 Å². The Morgan fingerprint density at radius 1 is 1.22 bits per heavy atom. The number of fused-ring (bicyclic) bond motifs is 3. The maximum Gasteiger partial charge on any atom is 0.264 e. The van der Waals surface area contributed by atoms with Crippen LogP contribution < -0.4 is 5.32 Å². The van der Waals surface area contributed by atoms with Crippen molar-refractivity contribution in [2.45, 2.75) is 44.8 Å². The molecule has 140 valence electrons. The average molecular weight is 381 g/mol. The van der Waals surface area contributed by atoms with Gasteiger partial charge in [-0.1, -0.05) is 30.3 Å². The lowest BCUT2D eigenvalue weighted by Crippen LogP contribution is -2.42. The van der Waals surface area contributed by atoms with Crippen molar-refractivity contribution in [1.29, 1.82) is 0 Å². The molecule has 0 radical (unpaired) electrons. The zero-order valence-corrected chi connectivity index (χ0v) is 16.3. The highest BCUT2D eigenvalue weighted by molar-refractivity contribution is 7.20. The maximum absolute atomic E-state index is 13.3. The highest BCUT2D eigenvalue weighted by atomic mass is 32.1. The van der Waals surface area contributed by atoms with E-state index in [0.717, 1.165) is 59.7 Å². The summed E-state index contributed by atoms with van der Waals surface area (Å²) in [4.78, 5) is 17.5. The highest BCUT2D eigenvalue weighted by Crippen LogP contribution is 2.34. The molecular formula is C21H24N4OS. The number of rotatable bonds is 3. The van der Waals surface area contributed by atoms with Gasteiger partial charge in [0.05, 0.1) is 17.1 Å². The van der Waals surface area contributed by atoms with Gasteiger partial charge in [-0.05, 0) is 44.4 Å². The quantitative estimate of drug-likeness (QED) is 0.757. The second-order valence-electron chi connectivity index (χ2n) is 7.65.